The standard InChI is InChI=1S/C15H24N2/c1-12(2)14-5-3-13(4-6-14)11-17-15-7-9-16-10-8-15/h7-10,12-14H,3-6,11H2,1-2H3,(H,16,17). The van der Waals surface area contributed by atoms with Gasteiger partial charge in [-0.1, -0.05) is 13.8 Å². The Morgan fingerprint density at radius 3 is 2.41 bits per heavy atom. The van der Waals surface area contributed by atoms with Crippen LogP contribution in [-0.4, -0.2) is 11.5 Å². The maximum Gasteiger partial charge on any atom is 0.0371 e. The molecule has 0 spiro atoms. The van der Waals surface area contributed by atoms with Gasteiger partial charge in [0.15, 0.2) is 0 Å². The molecule has 17 heavy (non-hydrogen) atoms. The molecule has 1 aromatic rings. The average molecular weight is 232 g/mol. The summed E-state index contributed by atoms with van der Waals surface area (Å²) < 4.78 is 0. The van der Waals surface area contributed by atoms with E-state index in [9.17, 15) is 0 Å². The highest BCUT2D eigenvalue weighted by molar-refractivity contribution is 5.40. The van der Waals surface area contributed by atoms with E-state index in [0.29, 0.717) is 0 Å². The van der Waals surface area contributed by atoms with Gasteiger partial charge in [-0.25, -0.2) is 0 Å². The Balaban J connectivity index is 1.72. The SMILES string of the molecule is CC(C)C1CCC(CNc2ccncc2)CC1. The van der Waals surface area contributed by atoms with Crippen LogP contribution in [0.15, 0.2) is 24.5 Å². The van der Waals surface area contributed by atoms with Gasteiger partial charge in [-0.05, 0) is 55.6 Å². The molecule has 0 saturated heterocycles. The van der Waals surface area contributed by atoms with E-state index in [0.717, 1.165) is 24.3 Å². The highest BCUT2D eigenvalue weighted by Gasteiger charge is 2.22. The van der Waals surface area contributed by atoms with Crippen LogP contribution in [0.2, 0.25) is 0 Å². The maximum atomic E-state index is 4.03. The number of anilines is 1. The molecule has 2 nitrogen and oxygen atoms in total. The maximum absolute atomic E-state index is 4.03. The van der Waals surface area contributed by atoms with Crippen LogP contribution in [-0.2, 0) is 0 Å². The highest BCUT2D eigenvalue weighted by Crippen LogP contribution is 2.33. The van der Waals surface area contributed by atoms with Gasteiger partial charge in [0, 0.05) is 24.6 Å². The van der Waals surface area contributed by atoms with E-state index in [4.69, 9.17) is 0 Å². The molecule has 0 radical (unpaired) electrons. The fraction of sp³-hybridized carbons (Fsp3) is 0.667. The van der Waals surface area contributed by atoms with E-state index in [2.05, 4.69) is 24.1 Å². The largest absolute Gasteiger partial charge is 0.385 e. The van der Waals surface area contributed by atoms with Crippen LogP contribution in [0, 0.1) is 17.8 Å². The number of nitrogens with zero attached hydrogens (tertiary/aromatic N) is 1. The lowest BCUT2D eigenvalue weighted by Gasteiger charge is -2.31. The smallest absolute Gasteiger partial charge is 0.0371 e. The van der Waals surface area contributed by atoms with Crippen molar-refractivity contribution in [1.29, 1.82) is 0 Å². The number of nitrogens with one attached hydrogen (secondary N) is 1. The molecule has 1 aliphatic carbocycles. The number of hydrogen-bond donors (Lipinski definition) is 1. The quantitative estimate of drug-likeness (QED) is 0.850. The molecule has 1 heterocycles. The van der Waals surface area contributed by atoms with Crippen LogP contribution in [0.25, 0.3) is 0 Å². The third kappa shape index (κ3) is 3.72. The Hall–Kier alpha value is -1.05. The van der Waals surface area contributed by atoms with Gasteiger partial charge in [0.25, 0.3) is 0 Å². The Morgan fingerprint density at radius 1 is 1.18 bits per heavy atom. The lowest BCUT2D eigenvalue weighted by atomic mass is 9.77. The van der Waals surface area contributed by atoms with Crippen molar-refractivity contribution in [3.8, 4) is 0 Å². The molecule has 0 unspecified atom stereocenters. The van der Waals surface area contributed by atoms with Crippen LogP contribution in [0.4, 0.5) is 5.69 Å². The predicted molar refractivity (Wildman–Crippen MR) is 73.0 cm³/mol. The molecule has 1 aliphatic rings. The minimum absolute atomic E-state index is 0.859. The Morgan fingerprint density at radius 2 is 1.82 bits per heavy atom. The zero-order valence-corrected chi connectivity index (χ0v) is 11.0. The molecule has 0 aliphatic heterocycles. The van der Waals surface area contributed by atoms with Crippen molar-refractivity contribution in [3.63, 3.8) is 0 Å². The van der Waals surface area contributed by atoms with Gasteiger partial charge < -0.3 is 5.32 Å². The first kappa shape index (κ1) is 12.4. The van der Waals surface area contributed by atoms with Crippen LogP contribution >= 0.6 is 0 Å². The second-order valence-electron chi connectivity index (χ2n) is 5.64. The zero-order valence-electron chi connectivity index (χ0n) is 11.0. The van der Waals surface area contributed by atoms with Crippen molar-refractivity contribution in [3.05, 3.63) is 24.5 Å². The van der Waals surface area contributed by atoms with E-state index >= 15 is 0 Å². The molecule has 0 bridgehead atoms. The average Bonchev–Trinajstić information content (AvgIpc) is 2.38. The first-order valence-electron chi connectivity index (χ1n) is 6.89. The van der Waals surface area contributed by atoms with Gasteiger partial charge in [0.2, 0.25) is 0 Å². The topological polar surface area (TPSA) is 24.9 Å². The molecule has 0 amide bonds. The van der Waals surface area contributed by atoms with Crippen molar-refractivity contribution in [2.45, 2.75) is 39.5 Å². The molecule has 2 heteroatoms. The van der Waals surface area contributed by atoms with Crippen molar-refractivity contribution in [2.24, 2.45) is 17.8 Å². The summed E-state index contributed by atoms with van der Waals surface area (Å²) in [5.74, 6) is 2.69. The molecule has 1 saturated carbocycles. The number of rotatable bonds is 4. The third-order valence-corrected chi connectivity index (χ3v) is 4.11. The van der Waals surface area contributed by atoms with E-state index < -0.39 is 0 Å². The van der Waals surface area contributed by atoms with Crippen LogP contribution in [0.5, 0.6) is 0 Å². The molecule has 0 aromatic carbocycles. The summed E-state index contributed by atoms with van der Waals surface area (Å²) in [5, 5.41) is 3.52. The van der Waals surface area contributed by atoms with Gasteiger partial charge >= 0.3 is 0 Å². The monoisotopic (exact) mass is 232 g/mol. The molecule has 2 rings (SSSR count). The van der Waals surface area contributed by atoms with Crippen molar-refractivity contribution in [2.75, 3.05) is 11.9 Å². The molecular weight excluding hydrogens is 208 g/mol. The summed E-state index contributed by atoms with van der Waals surface area (Å²) in [5.41, 5.74) is 1.20. The van der Waals surface area contributed by atoms with E-state index in [1.54, 1.807) is 0 Å². The third-order valence-electron chi connectivity index (χ3n) is 4.11. The fourth-order valence-electron chi connectivity index (χ4n) is 2.79. The first-order valence-corrected chi connectivity index (χ1v) is 6.89. The lowest BCUT2D eigenvalue weighted by molar-refractivity contribution is 0.230. The summed E-state index contributed by atoms with van der Waals surface area (Å²) in [7, 11) is 0. The second-order valence-corrected chi connectivity index (χ2v) is 5.64. The van der Waals surface area contributed by atoms with Crippen molar-refractivity contribution in [1.82, 2.24) is 4.98 Å². The van der Waals surface area contributed by atoms with Crippen molar-refractivity contribution >= 4 is 5.69 Å². The van der Waals surface area contributed by atoms with E-state index in [1.165, 1.54) is 31.4 Å². The summed E-state index contributed by atoms with van der Waals surface area (Å²) >= 11 is 0. The number of hydrogen-bond acceptors (Lipinski definition) is 2. The number of aromatic nitrogens is 1. The van der Waals surface area contributed by atoms with Gasteiger partial charge in [-0.15, -0.1) is 0 Å². The molecular formula is C15H24N2. The minimum atomic E-state index is 0.859. The summed E-state index contributed by atoms with van der Waals surface area (Å²) in [6.07, 6.45) is 9.30. The molecule has 1 aromatic heterocycles. The predicted octanol–water partition coefficient (Wildman–Crippen LogP) is 3.96. The molecule has 0 atom stereocenters. The van der Waals surface area contributed by atoms with Crippen LogP contribution in [0.1, 0.15) is 39.5 Å². The number of pyridine rings is 1. The Kier molecular flexibility index (Phi) is 4.41. The second kappa shape index (κ2) is 6.04. The van der Waals surface area contributed by atoms with Gasteiger partial charge in [0.1, 0.15) is 0 Å². The van der Waals surface area contributed by atoms with Crippen LogP contribution < -0.4 is 5.32 Å². The highest BCUT2D eigenvalue weighted by atomic mass is 14.9. The Bertz CT molecular complexity index is 313. The molecule has 1 fully saturated rings. The lowest BCUT2D eigenvalue weighted by Crippen LogP contribution is -2.23. The van der Waals surface area contributed by atoms with E-state index in [1.807, 2.05) is 24.5 Å². The summed E-state index contributed by atoms with van der Waals surface area (Å²) in [4.78, 5) is 4.03. The van der Waals surface area contributed by atoms with Crippen LogP contribution in [0.3, 0.4) is 0 Å². The van der Waals surface area contributed by atoms with Crippen molar-refractivity contribution < 1.29 is 0 Å². The van der Waals surface area contributed by atoms with Gasteiger partial charge in [-0.2, -0.15) is 0 Å². The molecule has 94 valence electrons. The van der Waals surface area contributed by atoms with Gasteiger partial charge in [0.05, 0.1) is 0 Å². The summed E-state index contributed by atoms with van der Waals surface area (Å²) in [6, 6.07) is 4.08. The van der Waals surface area contributed by atoms with E-state index in [-0.39, 0.29) is 0 Å². The summed E-state index contributed by atoms with van der Waals surface area (Å²) in [6.45, 7) is 5.84. The minimum Gasteiger partial charge on any atom is -0.385 e. The normalized spacial score (nSPS) is 24.9. The Labute approximate surface area is 105 Å². The molecule has 1 N–H and O–H groups in total. The first-order chi connectivity index (χ1) is 8.25. The van der Waals surface area contributed by atoms with Gasteiger partial charge in [-0.3, -0.25) is 4.98 Å². The zero-order chi connectivity index (χ0) is 12.1. The fourth-order valence-corrected chi connectivity index (χ4v) is 2.79.